The average molecular weight is 389 g/mol. The van der Waals surface area contributed by atoms with Crippen molar-refractivity contribution in [2.75, 3.05) is 54.6 Å². The van der Waals surface area contributed by atoms with Crippen LogP contribution in [0.3, 0.4) is 0 Å². The van der Waals surface area contributed by atoms with E-state index in [4.69, 9.17) is 18.9 Å². The Morgan fingerprint density at radius 3 is 1.89 bits per heavy atom. The Hall–Kier alpha value is -2.44. The number of benzene rings is 2. The van der Waals surface area contributed by atoms with Crippen LogP contribution in [-0.2, 0) is 13.1 Å². The van der Waals surface area contributed by atoms with Crippen LogP contribution in [0, 0.1) is 0 Å². The maximum atomic E-state index is 5.58. The fourth-order valence-corrected chi connectivity index (χ4v) is 3.88. The van der Waals surface area contributed by atoms with Crippen LogP contribution in [0.4, 0.5) is 0 Å². The van der Waals surface area contributed by atoms with Crippen LogP contribution >= 0.6 is 0 Å². The smallest absolute Gasteiger partial charge is 0.164 e. The molecule has 3 rings (SSSR count). The zero-order chi connectivity index (χ0) is 19.9. The number of quaternary nitrogens is 2. The molecule has 6 nitrogen and oxygen atoms in total. The van der Waals surface area contributed by atoms with Crippen LogP contribution in [0.25, 0.3) is 0 Å². The first-order valence-corrected chi connectivity index (χ1v) is 9.75. The van der Waals surface area contributed by atoms with Crippen LogP contribution < -0.4 is 28.7 Å². The van der Waals surface area contributed by atoms with Crippen molar-refractivity contribution in [2.24, 2.45) is 0 Å². The van der Waals surface area contributed by atoms with Gasteiger partial charge >= 0.3 is 0 Å². The second-order valence-electron chi connectivity index (χ2n) is 7.22. The van der Waals surface area contributed by atoms with E-state index >= 15 is 0 Å². The molecule has 2 aromatic carbocycles. The molecular formula is C22H32N2O4+2. The molecule has 0 aliphatic carbocycles. The summed E-state index contributed by atoms with van der Waals surface area (Å²) in [5, 5.41) is 0. The van der Waals surface area contributed by atoms with Crippen molar-refractivity contribution in [1.82, 2.24) is 0 Å². The molecule has 0 spiro atoms. The van der Waals surface area contributed by atoms with Gasteiger partial charge in [0.25, 0.3) is 0 Å². The number of piperazine rings is 1. The predicted octanol–water partition coefficient (Wildman–Crippen LogP) is 0.205. The highest BCUT2D eigenvalue weighted by Crippen LogP contribution is 2.34. The van der Waals surface area contributed by atoms with Crippen molar-refractivity contribution in [3.05, 3.63) is 47.5 Å². The molecule has 152 valence electrons. The zero-order valence-electron chi connectivity index (χ0n) is 17.3. The molecule has 0 amide bonds. The summed E-state index contributed by atoms with van der Waals surface area (Å²) < 4.78 is 21.8. The van der Waals surface area contributed by atoms with Crippen LogP contribution in [0.15, 0.2) is 36.4 Å². The molecule has 0 saturated carbocycles. The van der Waals surface area contributed by atoms with Crippen molar-refractivity contribution in [2.45, 2.75) is 13.1 Å². The molecule has 1 saturated heterocycles. The summed E-state index contributed by atoms with van der Waals surface area (Å²) >= 11 is 0. The van der Waals surface area contributed by atoms with Crippen LogP contribution in [0.5, 0.6) is 23.0 Å². The summed E-state index contributed by atoms with van der Waals surface area (Å²) in [4.78, 5) is 3.19. The first-order chi connectivity index (χ1) is 13.7. The van der Waals surface area contributed by atoms with Crippen molar-refractivity contribution >= 4 is 0 Å². The molecule has 28 heavy (non-hydrogen) atoms. The molecule has 0 aromatic heterocycles. The first-order valence-electron chi connectivity index (χ1n) is 9.75. The Morgan fingerprint density at radius 1 is 0.679 bits per heavy atom. The molecule has 0 radical (unpaired) electrons. The fraction of sp³-hybridized carbons (Fsp3) is 0.455. The van der Waals surface area contributed by atoms with Gasteiger partial charge in [-0.1, -0.05) is 12.1 Å². The molecule has 0 atom stereocenters. The third kappa shape index (κ3) is 4.88. The van der Waals surface area contributed by atoms with Gasteiger partial charge < -0.3 is 28.7 Å². The summed E-state index contributed by atoms with van der Waals surface area (Å²) in [5.74, 6) is 3.24. The number of nitrogens with one attached hydrogen (secondary N) is 2. The van der Waals surface area contributed by atoms with Gasteiger partial charge in [0.1, 0.15) is 50.8 Å². The van der Waals surface area contributed by atoms with Crippen molar-refractivity contribution in [1.29, 1.82) is 0 Å². The number of hydrogen-bond donors (Lipinski definition) is 2. The Bertz CT molecular complexity index is 773. The van der Waals surface area contributed by atoms with Gasteiger partial charge in [0, 0.05) is 11.6 Å². The SMILES string of the molecule is COc1cccc(C[NH+]2CC[NH+](Cc3cc(OC)c(OC)cc3OC)CC2)c1. The van der Waals surface area contributed by atoms with Crippen molar-refractivity contribution < 1.29 is 28.7 Å². The van der Waals surface area contributed by atoms with Crippen LogP contribution in [0.2, 0.25) is 0 Å². The molecule has 6 heteroatoms. The maximum Gasteiger partial charge on any atom is 0.164 e. The van der Waals surface area contributed by atoms with Gasteiger partial charge in [-0.2, -0.15) is 0 Å². The van der Waals surface area contributed by atoms with Crippen LogP contribution in [-0.4, -0.2) is 54.6 Å². The maximum absolute atomic E-state index is 5.58. The highest BCUT2D eigenvalue weighted by Gasteiger charge is 2.25. The molecule has 0 bridgehead atoms. The van der Waals surface area contributed by atoms with E-state index in [9.17, 15) is 0 Å². The largest absolute Gasteiger partial charge is 0.497 e. The fourth-order valence-electron chi connectivity index (χ4n) is 3.88. The van der Waals surface area contributed by atoms with Gasteiger partial charge in [0.05, 0.1) is 34.0 Å². The lowest BCUT2D eigenvalue weighted by molar-refractivity contribution is -1.02. The van der Waals surface area contributed by atoms with E-state index in [1.165, 1.54) is 5.56 Å². The zero-order valence-corrected chi connectivity index (χ0v) is 17.3. The Balaban J connectivity index is 1.59. The van der Waals surface area contributed by atoms with E-state index in [1.807, 2.05) is 18.2 Å². The van der Waals surface area contributed by atoms with Gasteiger partial charge in [-0.25, -0.2) is 0 Å². The lowest BCUT2D eigenvalue weighted by Gasteiger charge is -2.30. The third-order valence-corrected chi connectivity index (χ3v) is 5.48. The Morgan fingerprint density at radius 2 is 1.29 bits per heavy atom. The number of hydrogen-bond acceptors (Lipinski definition) is 4. The molecule has 1 aliphatic heterocycles. The lowest BCUT2D eigenvalue weighted by atomic mass is 10.1. The van der Waals surface area contributed by atoms with Gasteiger partial charge in [-0.15, -0.1) is 0 Å². The van der Waals surface area contributed by atoms with E-state index in [0.717, 1.165) is 62.1 Å². The van der Waals surface area contributed by atoms with Gasteiger partial charge in [-0.05, 0) is 18.2 Å². The topological polar surface area (TPSA) is 45.8 Å². The molecule has 1 heterocycles. The quantitative estimate of drug-likeness (QED) is 0.679. The molecule has 2 N–H and O–H groups in total. The number of methoxy groups -OCH3 is 4. The van der Waals surface area contributed by atoms with E-state index in [-0.39, 0.29) is 0 Å². The molecule has 2 aromatic rings. The van der Waals surface area contributed by atoms with Crippen LogP contribution in [0.1, 0.15) is 11.1 Å². The highest BCUT2D eigenvalue weighted by atomic mass is 16.5. The molecule has 1 aliphatic rings. The molecular weight excluding hydrogens is 356 g/mol. The summed E-state index contributed by atoms with van der Waals surface area (Å²) in [6.07, 6.45) is 0. The Kier molecular flexibility index (Phi) is 7.01. The van der Waals surface area contributed by atoms with Gasteiger partial charge in [-0.3, -0.25) is 0 Å². The highest BCUT2D eigenvalue weighted by molar-refractivity contribution is 5.50. The van der Waals surface area contributed by atoms with Gasteiger partial charge in [0.15, 0.2) is 11.5 Å². The van der Waals surface area contributed by atoms with Gasteiger partial charge in [0.2, 0.25) is 0 Å². The second-order valence-corrected chi connectivity index (χ2v) is 7.22. The lowest BCUT2D eigenvalue weighted by Crippen LogP contribution is -3.27. The van der Waals surface area contributed by atoms with E-state index in [0.29, 0.717) is 5.75 Å². The summed E-state index contributed by atoms with van der Waals surface area (Å²) in [6, 6.07) is 12.3. The normalized spacial score (nSPS) is 19.1. The summed E-state index contributed by atoms with van der Waals surface area (Å²) in [6.45, 7) is 6.55. The minimum Gasteiger partial charge on any atom is -0.497 e. The second kappa shape index (κ2) is 9.66. The molecule has 1 fully saturated rings. The minimum atomic E-state index is 0.700. The predicted molar refractivity (Wildman–Crippen MR) is 108 cm³/mol. The van der Waals surface area contributed by atoms with E-state index in [1.54, 1.807) is 38.2 Å². The molecule has 0 unspecified atom stereocenters. The van der Waals surface area contributed by atoms with Crippen molar-refractivity contribution in [3.63, 3.8) is 0 Å². The van der Waals surface area contributed by atoms with E-state index in [2.05, 4.69) is 18.2 Å². The Labute approximate surface area is 167 Å². The van der Waals surface area contributed by atoms with Crippen molar-refractivity contribution in [3.8, 4) is 23.0 Å². The average Bonchev–Trinajstić information content (AvgIpc) is 2.74. The third-order valence-electron chi connectivity index (χ3n) is 5.48. The summed E-state index contributed by atoms with van der Waals surface area (Å²) in [7, 11) is 6.74. The van der Waals surface area contributed by atoms with E-state index < -0.39 is 0 Å². The number of rotatable bonds is 8. The minimum absolute atomic E-state index is 0.700. The number of ether oxygens (including phenoxy) is 4. The standard InChI is InChI=1S/C22H30N2O4/c1-25-19-7-5-6-17(12-19)15-23-8-10-24(11-9-23)16-18-13-21(27-3)22(28-4)14-20(18)26-2/h5-7,12-14H,8-11,15-16H2,1-4H3/p+2. The monoisotopic (exact) mass is 388 g/mol. The first kappa shape index (κ1) is 20.3. The summed E-state index contributed by atoms with van der Waals surface area (Å²) in [5.41, 5.74) is 2.49.